The van der Waals surface area contributed by atoms with Gasteiger partial charge in [0.05, 0.1) is 12.7 Å². The minimum atomic E-state index is -0.102. The fourth-order valence-electron chi connectivity index (χ4n) is 2.81. The van der Waals surface area contributed by atoms with Gasteiger partial charge in [0.2, 0.25) is 0 Å². The molecule has 0 radical (unpaired) electrons. The van der Waals surface area contributed by atoms with Crippen molar-refractivity contribution in [3.05, 3.63) is 59.3 Å². The number of rotatable bonds is 5. The van der Waals surface area contributed by atoms with Crippen LogP contribution < -0.4 is 16.0 Å². The molecule has 2 heterocycles. The molecule has 6 nitrogen and oxygen atoms in total. The van der Waals surface area contributed by atoms with Gasteiger partial charge >= 0.3 is 0 Å². The van der Waals surface area contributed by atoms with Crippen molar-refractivity contribution in [2.75, 3.05) is 24.6 Å². The Hall–Kier alpha value is -2.15. The Morgan fingerprint density at radius 2 is 2.00 bits per heavy atom. The summed E-state index contributed by atoms with van der Waals surface area (Å²) < 4.78 is 5.55. The fraction of sp³-hybridized carbons (Fsp3) is 0.368. The number of carbonyl (C=O) groups is 1. The predicted molar refractivity (Wildman–Crippen MR) is 105 cm³/mol. The standard InChI is InChI=1S/C19H24N4O2.ClH/c1-14-13-23(8-9-25-14)18-7-4-16(11-21-18)12-22-19(24)17-5-2-15(10-20)3-6-17;/h2-7,11,14H,8-10,12-13,20H2,1H3,(H,22,24);1H. The molecule has 3 N–H and O–H groups in total. The van der Waals surface area contributed by atoms with Crippen molar-refractivity contribution in [1.82, 2.24) is 10.3 Å². The summed E-state index contributed by atoms with van der Waals surface area (Å²) in [5.41, 5.74) is 8.17. The van der Waals surface area contributed by atoms with E-state index in [1.165, 1.54) is 0 Å². The normalized spacial score (nSPS) is 16.7. The number of nitrogens with one attached hydrogen (secondary N) is 1. The third kappa shape index (κ3) is 5.17. The topological polar surface area (TPSA) is 80.5 Å². The zero-order valence-electron chi connectivity index (χ0n) is 14.9. The molecule has 3 rings (SSSR count). The third-order valence-corrected chi connectivity index (χ3v) is 4.28. The molecule has 0 saturated carbocycles. The number of anilines is 1. The first-order valence-corrected chi connectivity index (χ1v) is 8.54. The van der Waals surface area contributed by atoms with Crippen molar-refractivity contribution in [3.8, 4) is 0 Å². The second-order valence-corrected chi connectivity index (χ2v) is 6.24. The van der Waals surface area contributed by atoms with Gasteiger partial charge in [0, 0.05) is 37.9 Å². The zero-order chi connectivity index (χ0) is 17.6. The quantitative estimate of drug-likeness (QED) is 0.835. The van der Waals surface area contributed by atoms with Crippen molar-refractivity contribution >= 4 is 24.1 Å². The Morgan fingerprint density at radius 1 is 1.27 bits per heavy atom. The first-order valence-electron chi connectivity index (χ1n) is 8.54. The number of benzene rings is 1. The molecule has 1 atom stereocenters. The number of nitrogens with two attached hydrogens (primary N) is 1. The van der Waals surface area contributed by atoms with Crippen LogP contribution in [0.15, 0.2) is 42.6 Å². The maximum absolute atomic E-state index is 12.2. The molecule has 26 heavy (non-hydrogen) atoms. The van der Waals surface area contributed by atoms with Crippen LogP contribution >= 0.6 is 12.4 Å². The third-order valence-electron chi connectivity index (χ3n) is 4.28. The van der Waals surface area contributed by atoms with Crippen molar-refractivity contribution in [2.45, 2.75) is 26.1 Å². The van der Waals surface area contributed by atoms with Gasteiger partial charge in [0.1, 0.15) is 5.82 Å². The number of pyridine rings is 1. The van der Waals surface area contributed by atoms with Crippen LogP contribution in [0.2, 0.25) is 0 Å². The summed E-state index contributed by atoms with van der Waals surface area (Å²) in [5.74, 6) is 0.845. The Kier molecular flexibility index (Phi) is 7.38. The number of halogens is 1. The average molecular weight is 377 g/mol. The number of nitrogens with zero attached hydrogens (tertiary/aromatic N) is 2. The van der Waals surface area contributed by atoms with E-state index in [4.69, 9.17) is 10.5 Å². The Bertz CT molecular complexity index is 706. The summed E-state index contributed by atoms with van der Waals surface area (Å²) in [6, 6.07) is 11.3. The summed E-state index contributed by atoms with van der Waals surface area (Å²) in [6.45, 7) is 5.42. The van der Waals surface area contributed by atoms with Crippen LogP contribution in [0.3, 0.4) is 0 Å². The van der Waals surface area contributed by atoms with Crippen molar-refractivity contribution in [2.24, 2.45) is 5.73 Å². The van der Waals surface area contributed by atoms with Crippen LogP contribution in [0.25, 0.3) is 0 Å². The van der Waals surface area contributed by atoms with Crippen molar-refractivity contribution in [1.29, 1.82) is 0 Å². The molecule has 0 spiro atoms. The Balaban J connectivity index is 0.00000243. The van der Waals surface area contributed by atoms with E-state index in [1.807, 2.05) is 30.5 Å². The van der Waals surface area contributed by atoms with Gasteiger partial charge in [-0.05, 0) is 36.2 Å². The Labute approximate surface area is 160 Å². The van der Waals surface area contributed by atoms with Crippen LogP contribution in [0, 0.1) is 0 Å². The number of amides is 1. The molecule has 1 aliphatic heterocycles. The van der Waals surface area contributed by atoms with Crippen LogP contribution in [0.5, 0.6) is 0 Å². The van der Waals surface area contributed by atoms with E-state index in [9.17, 15) is 4.79 Å². The molecule has 140 valence electrons. The van der Waals surface area contributed by atoms with Gasteiger partial charge < -0.3 is 20.7 Å². The molecule has 0 bridgehead atoms. The summed E-state index contributed by atoms with van der Waals surface area (Å²) in [4.78, 5) is 18.9. The first-order chi connectivity index (χ1) is 12.2. The van der Waals surface area contributed by atoms with Gasteiger partial charge in [-0.25, -0.2) is 4.98 Å². The molecular weight excluding hydrogens is 352 g/mol. The van der Waals surface area contributed by atoms with E-state index in [0.29, 0.717) is 18.7 Å². The van der Waals surface area contributed by atoms with Crippen molar-refractivity contribution in [3.63, 3.8) is 0 Å². The number of hydrogen-bond donors (Lipinski definition) is 2. The van der Waals surface area contributed by atoms with E-state index in [-0.39, 0.29) is 24.4 Å². The van der Waals surface area contributed by atoms with Crippen LogP contribution in [0.4, 0.5) is 5.82 Å². The second kappa shape index (κ2) is 9.52. The molecule has 1 fully saturated rings. The monoisotopic (exact) mass is 376 g/mol. The SMILES string of the molecule is CC1CN(c2ccc(CNC(=O)c3ccc(CN)cc3)cn2)CCO1.Cl. The molecule has 1 aliphatic rings. The molecule has 2 aromatic rings. The molecule has 1 saturated heterocycles. The van der Waals surface area contributed by atoms with Gasteiger partial charge in [-0.3, -0.25) is 4.79 Å². The number of ether oxygens (including phenoxy) is 1. The minimum Gasteiger partial charge on any atom is -0.375 e. The average Bonchev–Trinajstić information content (AvgIpc) is 2.66. The summed E-state index contributed by atoms with van der Waals surface area (Å²) in [7, 11) is 0. The smallest absolute Gasteiger partial charge is 0.251 e. The lowest BCUT2D eigenvalue weighted by atomic mass is 10.1. The summed E-state index contributed by atoms with van der Waals surface area (Å²) in [6.07, 6.45) is 2.04. The fourth-order valence-corrected chi connectivity index (χ4v) is 2.81. The number of aromatic nitrogens is 1. The summed E-state index contributed by atoms with van der Waals surface area (Å²) >= 11 is 0. The molecular formula is C19H25ClN4O2. The van der Waals surface area contributed by atoms with E-state index < -0.39 is 0 Å². The van der Waals surface area contributed by atoms with E-state index >= 15 is 0 Å². The van der Waals surface area contributed by atoms with Gasteiger partial charge in [-0.1, -0.05) is 18.2 Å². The second-order valence-electron chi connectivity index (χ2n) is 6.24. The van der Waals surface area contributed by atoms with Crippen molar-refractivity contribution < 1.29 is 9.53 Å². The van der Waals surface area contributed by atoms with Crippen LogP contribution in [-0.2, 0) is 17.8 Å². The molecule has 7 heteroatoms. The lowest BCUT2D eigenvalue weighted by Crippen LogP contribution is -2.41. The highest BCUT2D eigenvalue weighted by atomic mass is 35.5. The minimum absolute atomic E-state index is 0. The molecule has 1 aromatic heterocycles. The zero-order valence-corrected chi connectivity index (χ0v) is 15.7. The lowest BCUT2D eigenvalue weighted by molar-refractivity contribution is 0.0529. The first kappa shape index (κ1) is 20.2. The lowest BCUT2D eigenvalue weighted by Gasteiger charge is -2.32. The molecule has 1 aromatic carbocycles. The molecule has 1 unspecified atom stereocenters. The number of carbonyl (C=O) groups excluding carboxylic acids is 1. The highest BCUT2D eigenvalue weighted by Gasteiger charge is 2.17. The van der Waals surface area contributed by atoms with Gasteiger partial charge in [-0.2, -0.15) is 0 Å². The van der Waals surface area contributed by atoms with E-state index in [2.05, 4.69) is 22.1 Å². The van der Waals surface area contributed by atoms with Gasteiger partial charge in [0.25, 0.3) is 5.91 Å². The summed E-state index contributed by atoms with van der Waals surface area (Å²) in [5, 5.41) is 2.91. The van der Waals surface area contributed by atoms with Crippen LogP contribution in [-0.4, -0.2) is 36.7 Å². The largest absolute Gasteiger partial charge is 0.375 e. The molecule has 1 amide bonds. The van der Waals surface area contributed by atoms with Gasteiger partial charge in [-0.15, -0.1) is 12.4 Å². The van der Waals surface area contributed by atoms with E-state index in [1.54, 1.807) is 12.1 Å². The van der Waals surface area contributed by atoms with Crippen LogP contribution in [0.1, 0.15) is 28.4 Å². The van der Waals surface area contributed by atoms with Gasteiger partial charge in [0.15, 0.2) is 0 Å². The Morgan fingerprint density at radius 3 is 2.62 bits per heavy atom. The molecule has 0 aliphatic carbocycles. The number of hydrogen-bond acceptors (Lipinski definition) is 5. The highest BCUT2D eigenvalue weighted by molar-refractivity contribution is 5.94. The number of morpholine rings is 1. The maximum Gasteiger partial charge on any atom is 0.251 e. The maximum atomic E-state index is 12.2. The van der Waals surface area contributed by atoms with E-state index in [0.717, 1.165) is 36.6 Å². The highest BCUT2D eigenvalue weighted by Crippen LogP contribution is 2.15. The predicted octanol–water partition coefficient (Wildman–Crippen LogP) is 2.12.